The third kappa shape index (κ3) is 46.2. The highest BCUT2D eigenvalue weighted by molar-refractivity contribution is 5.71. The molecule has 0 spiro atoms. The number of unbranched alkanes of at least 4 members (excludes halogenated alkanes) is 24. The van der Waals surface area contributed by atoms with Crippen molar-refractivity contribution in [3.63, 3.8) is 0 Å². The molecule has 0 saturated carbocycles. The van der Waals surface area contributed by atoms with Crippen LogP contribution in [0.5, 0.6) is 0 Å². The Balaban J connectivity index is 4.36. The first-order chi connectivity index (χ1) is 29.5. The fraction of sp³-hybridized carbons (Fsp3) is 0.759. The number of hydrogen-bond donors (Lipinski definition) is 0. The minimum atomic E-state index is -0.780. The Morgan fingerprint density at radius 1 is 0.350 bits per heavy atom. The molecular weight excluding hydrogens is 745 g/mol. The van der Waals surface area contributed by atoms with Crippen LogP contribution in [0.3, 0.4) is 0 Å². The quantitative estimate of drug-likeness (QED) is 0.0263. The highest BCUT2D eigenvalue weighted by Crippen LogP contribution is 2.14. The first kappa shape index (κ1) is 57.1. The molecule has 0 aromatic heterocycles. The zero-order chi connectivity index (χ0) is 43.7. The Labute approximate surface area is 370 Å². The maximum Gasteiger partial charge on any atom is 0.306 e. The number of esters is 3. The van der Waals surface area contributed by atoms with E-state index < -0.39 is 6.10 Å². The predicted molar refractivity (Wildman–Crippen MR) is 256 cm³/mol. The van der Waals surface area contributed by atoms with Crippen LogP contribution in [0.15, 0.2) is 60.8 Å². The average molecular weight is 839 g/mol. The van der Waals surface area contributed by atoms with Crippen molar-refractivity contribution in [1.82, 2.24) is 0 Å². The van der Waals surface area contributed by atoms with Crippen molar-refractivity contribution in [3.05, 3.63) is 60.8 Å². The topological polar surface area (TPSA) is 78.9 Å². The largest absolute Gasteiger partial charge is 0.462 e. The SMILES string of the molecule is CC/C=C\C/C=C\C/C=C\C/C=C\CCCCCCCCC(=O)OCC(COC(=O)CCCCCCCCCCCC)OC(=O)CCCCCCC/C=C\CCCCCC. The lowest BCUT2D eigenvalue weighted by molar-refractivity contribution is -0.167. The molecular formula is C54H94O6. The van der Waals surface area contributed by atoms with Gasteiger partial charge in [-0.05, 0) is 83.5 Å². The molecule has 0 rings (SSSR count). The van der Waals surface area contributed by atoms with E-state index in [9.17, 15) is 14.4 Å². The van der Waals surface area contributed by atoms with E-state index in [1.165, 1.54) is 103 Å². The number of carbonyl (C=O) groups excluding carboxylic acids is 3. The van der Waals surface area contributed by atoms with Crippen molar-refractivity contribution in [2.45, 2.75) is 252 Å². The van der Waals surface area contributed by atoms with Gasteiger partial charge in [-0.25, -0.2) is 0 Å². The highest BCUT2D eigenvalue weighted by atomic mass is 16.6. The first-order valence-corrected chi connectivity index (χ1v) is 25.3. The second kappa shape index (κ2) is 48.8. The van der Waals surface area contributed by atoms with Gasteiger partial charge in [0.05, 0.1) is 0 Å². The van der Waals surface area contributed by atoms with Crippen LogP contribution in [0, 0.1) is 0 Å². The fourth-order valence-corrected chi connectivity index (χ4v) is 6.96. The maximum absolute atomic E-state index is 12.8. The molecule has 0 amide bonds. The monoisotopic (exact) mass is 839 g/mol. The van der Waals surface area contributed by atoms with E-state index in [4.69, 9.17) is 14.2 Å². The van der Waals surface area contributed by atoms with Crippen LogP contribution < -0.4 is 0 Å². The van der Waals surface area contributed by atoms with Gasteiger partial charge in [-0.3, -0.25) is 14.4 Å². The van der Waals surface area contributed by atoms with Crippen LogP contribution >= 0.6 is 0 Å². The smallest absolute Gasteiger partial charge is 0.306 e. The Morgan fingerprint density at radius 2 is 0.650 bits per heavy atom. The number of ether oxygens (including phenoxy) is 3. The Kier molecular flexibility index (Phi) is 46.4. The third-order valence-corrected chi connectivity index (χ3v) is 10.8. The molecule has 0 bridgehead atoms. The molecule has 1 unspecified atom stereocenters. The molecule has 0 radical (unpaired) electrons. The number of hydrogen-bond acceptors (Lipinski definition) is 6. The average Bonchev–Trinajstić information content (AvgIpc) is 3.24. The van der Waals surface area contributed by atoms with Gasteiger partial charge in [0.15, 0.2) is 6.10 Å². The Hall–Kier alpha value is -2.89. The minimum absolute atomic E-state index is 0.0807. The lowest BCUT2D eigenvalue weighted by Crippen LogP contribution is -2.30. The van der Waals surface area contributed by atoms with Crippen molar-refractivity contribution in [2.24, 2.45) is 0 Å². The molecule has 1 atom stereocenters. The van der Waals surface area contributed by atoms with Crippen molar-refractivity contribution < 1.29 is 28.6 Å². The van der Waals surface area contributed by atoms with Crippen LogP contribution in [0.4, 0.5) is 0 Å². The summed E-state index contributed by atoms with van der Waals surface area (Å²) < 4.78 is 16.7. The van der Waals surface area contributed by atoms with Gasteiger partial charge in [-0.1, -0.05) is 204 Å². The van der Waals surface area contributed by atoms with Crippen LogP contribution in [0.2, 0.25) is 0 Å². The molecule has 6 nitrogen and oxygen atoms in total. The third-order valence-electron chi connectivity index (χ3n) is 10.8. The van der Waals surface area contributed by atoms with E-state index in [-0.39, 0.29) is 31.1 Å². The van der Waals surface area contributed by atoms with Crippen molar-refractivity contribution in [3.8, 4) is 0 Å². The van der Waals surface area contributed by atoms with Gasteiger partial charge in [0, 0.05) is 19.3 Å². The number of carbonyl (C=O) groups is 3. The Bertz CT molecular complexity index is 1100. The van der Waals surface area contributed by atoms with E-state index in [0.29, 0.717) is 19.3 Å². The van der Waals surface area contributed by atoms with Gasteiger partial charge >= 0.3 is 17.9 Å². The molecule has 0 fully saturated rings. The lowest BCUT2D eigenvalue weighted by atomic mass is 10.1. The van der Waals surface area contributed by atoms with E-state index in [0.717, 1.165) is 103 Å². The predicted octanol–water partition coefficient (Wildman–Crippen LogP) is 16.5. The second-order valence-electron chi connectivity index (χ2n) is 16.7. The summed E-state index contributed by atoms with van der Waals surface area (Å²) in [6.45, 7) is 6.48. The number of rotatable bonds is 45. The normalized spacial score (nSPS) is 12.5. The van der Waals surface area contributed by atoms with Gasteiger partial charge in [-0.15, -0.1) is 0 Å². The molecule has 60 heavy (non-hydrogen) atoms. The Morgan fingerprint density at radius 3 is 1.05 bits per heavy atom. The van der Waals surface area contributed by atoms with Crippen LogP contribution in [0.25, 0.3) is 0 Å². The van der Waals surface area contributed by atoms with Gasteiger partial charge in [-0.2, -0.15) is 0 Å². The summed E-state index contributed by atoms with van der Waals surface area (Å²) in [5.74, 6) is -0.903. The first-order valence-electron chi connectivity index (χ1n) is 25.3. The molecule has 0 heterocycles. The molecule has 0 aliphatic rings. The maximum atomic E-state index is 12.8. The molecule has 0 aromatic rings. The van der Waals surface area contributed by atoms with Crippen molar-refractivity contribution >= 4 is 17.9 Å². The zero-order valence-corrected chi connectivity index (χ0v) is 39.5. The summed E-state index contributed by atoms with van der Waals surface area (Å²) in [6, 6.07) is 0. The lowest BCUT2D eigenvalue weighted by Gasteiger charge is -2.18. The molecule has 0 N–H and O–H groups in total. The standard InChI is InChI=1S/C54H94O6/c1-4-7-10-13-16-19-22-24-25-26-27-28-29-31-32-35-38-41-44-47-53(56)59-50-51(49-58-52(55)46-43-40-37-34-21-18-15-12-9-6-3)60-54(57)48-45-42-39-36-33-30-23-20-17-14-11-8-5-2/h7,10,16,19-20,23-25,27-28,51H,4-6,8-9,11-15,17-18,21-22,26,29-50H2,1-3H3/b10-7-,19-16-,23-20-,25-24-,28-27-. The number of allylic oxidation sites excluding steroid dienone is 10. The van der Waals surface area contributed by atoms with Crippen molar-refractivity contribution in [2.75, 3.05) is 13.2 Å². The van der Waals surface area contributed by atoms with Crippen LogP contribution in [-0.4, -0.2) is 37.2 Å². The fourth-order valence-electron chi connectivity index (χ4n) is 6.96. The van der Waals surface area contributed by atoms with Gasteiger partial charge < -0.3 is 14.2 Å². The molecule has 0 aliphatic heterocycles. The molecule has 0 aliphatic carbocycles. The summed E-state index contributed by atoms with van der Waals surface area (Å²) >= 11 is 0. The summed E-state index contributed by atoms with van der Waals surface area (Å²) in [5, 5.41) is 0. The molecule has 346 valence electrons. The van der Waals surface area contributed by atoms with Gasteiger partial charge in [0.1, 0.15) is 13.2 Å². The van der Waals surface area contributed by atoms with Crippen LogP contribution in [0.1, 0.15) is 245 Å². The van der Waals surface area contributed by atoms with Gasteiger partial charge in [0.25, 0.3) is 0 Å². The molecule has 0 aromatic carbocycles. The minimum Gasteiger partial charge on any atom is -0.462 e. The zero-order valence-electron chi connectivity index (χ0n) is 39.5. The second-order valence-corrected chi connectivity index (χ2v) is 16.7. The summed E-state index contributed by atoms with van der Waals surface area (Å²) in [6.07, 6.45) is 59.1. The summed E-state index contributed by atoms with van der Waals surface area (Å²) in [7, 11) is 0. The van der Waals surface area contributed by atoms with E-state index in [2.05, 4.69) is 81.5 Å². The summed E-state index contributed by atoms with van der Waals surface area (Å²) in [5.41, 5.74) is 0. The highest BCUT2D eigenvalue weighted by Gasteiger charge is 2.19. The van der Waals surface area contributed by atoms with E-state index in [1.807, 2.05) is 0 Å². The van der Waals surface area contributed by atoms with E-state index in [1.54, 1.807) is 0 Å². The molecule has 6 heteroatoms. The van der Waals surface area contributed by atoms with Crippen LogP contribution in [-0.2, 0) is 28.6 Å². The van der Waals surface area contributed by atoms with E-state index >= 15 is 0 Å². The summed E-state index contributed by atoms with van der Waals surface area (Å²) in [4.78, 5) is 37.9. The van der Waals surface area contributed by atoms with Crippen molar-refractivity contribution in [1.29, 1.82) is 0 Å². The molecule has 0 saturated heterocycles. The van der Waals surface area contributed by atoms with Gasteiger partial charge in [0.2, 0.25) is 0 Å².